The average molecular weight is 657 g/mol. The van der Waals surface area contributed by atoms with Crippen molar-refractivity contribution >= 4 is 30.9 Å². The minimum Gasteiger partial charge on any atom is -0.453 e. The van der Waals surface area contributed by atoms with Crippen molar-refractivity contribution in [1.82, 2.24) is 29.5 Å². The number of hydrogen-bond acceptors (Lipinski definition) is 9. The van der Waals surface area contributed by atoms with Crippen LogP contribution in [0.4, 0.5) is 0 Å². The number of fused-ring (bicyclic) bond motifs is 3. The Kier molecular flexibility index (Phi) is 9.71. The maximum absolute atomic E-state index is 12.8. The molecule has 2 aliphatic heterocycles. The molecule has 2 unspecified atom stereocenters. The molecule has 248 valence electrons. The van der Waals surface area contributed by atoms with Gasteiger partial charge in [-0.1, -0.05) is 25.7 Å². The molecule has 4 aromatic rings. The van der Waals surface area contributed by atoms with Gasteiger partial charge in [-0.15, -0.1) is 0 Å². The van der Waals surface area contributed by atoms with Crippen LogP contribution in [0.3, 0.4) is 0 Å². The summed E-state index contributed by atoms with van der Waals surface area (Å²) in [6.07, 6.45) is 4.89. The van der Waals surface area contributed by atoms with Crippen molar-refractivity contribution in [2.45, 2.75) is 83.8 Å². The second-order valence-electron chi connectivity index (χ2n) is 13.8. The van der Waals surface area contributed by atoms with Crippen molar-refractivity contribution in [3.05, 3.63) is 66.6 Å². The molecule has 0 saturated carbocycles. The van der Waals surface area contributed by atoms with E-state index in [1.54, 1.807) is 19.3 Å². The largest absolute Gasteiger partial charge is 0.453 e. The molecule has 1 aromatic carbocycles. The molecule has 5 heterocycles. The maximum atomic E-state index is 12.8. The summed E-state index contributed by atoms with van der Waals surface area (Å²) in [5, 5.41) is 5.41. The highest BCUT2D eigenvalue weighted by Gasteiger charge is 2.42. The average Bonchev–Trinajstić information content (AvgIpc) is 3.58. The zero-order valence-corrected chi connectivity index (χ0v) is 28.9. The van der Waals surface area contributed by atoms with Gasteiger partial charge in [-0.25, -0.2) is 9.67 Å². The van der Waals surface area contributed by atoms with E-state index in [4.69, 9.17) is 19.2 Å². The highest BCUT2D eigenvalue weighted by atomic mass is 28.3. The lowest BCUT2D eigenvalue weighted by Crippen LogP contribution is -2.56. The molecule has 2 aliphatic rings. The SMILES string of the molecule is CC(=O)O[C@@H](C)C(=O)N1CC2CCC(C1)N2Cc1ccc2cc(Oc3ccc(-c4ccnn4COCC[Si](C)(C)C)cn3)ccc2n1. The zero-order valence-electron chi connectivity index (χ0n) is 27.9. The third-order valence-electron chi connectivity index (χ3n) is 8.88. The van der Waals surface area contributed by atoms with Crippen molar-refractivity contribution in [2.75, 3.05) is 19.7 Å². The summed E-state index contributed by atoms with van der Waals surface area (Å²) in [5.41, 5.74) is 3.78. The van der Waals surface area contributed by atoms with Crippen LogP contribution in [0, 0.1) is 0 Å². The molecular weight excluding hydrogens is 613 g/mol. The van der Waals surface area contributed by atoms with E-state index in [9.17, 15) is 9.59 Å². The molecule has 0 aliphatic carbocycles. The Labute approximate surface area is 276 Å². The lowest BCUT2D eigenvalue weighted by Gasteiger charge is -2.41. The molecule has 1 amide bonds. The molecule has 3 aromatic heterocycles. The standard InChI is InChI=1S/C35H44N6O5Si/c1-24(45-25(2)42)35(43)39-21-29-9-10-30(22-39)40(29)20-28-8-6-26-18-31(11-12-32(26)38-28)46-34-13-7-27(19-36-34)33-14-15-37-41(33)23-44-16-17-47(3,4)5/h6-8,11-15,18-19,24,29-30H,9-10,16-17,20-23H2,1-5H3/t24-,29?,30?/m0/s1. The number of likely N-dealkylation sites (tertiary alicyclic amines) is 1. The topological polar surface area (TPSA) is 112 Å². The van der Waals surface area contributed by atoms with E-state index in [2.05, 4.69) is 46.8 Å². The molecule has 2 saturated heterocycles. The van der Waals surface area contributed by atoms with Crippen LogP contribution in [0.2, 0.25) is 25.7 Å². The molecule has 3 atom stereocenters. The Morgan fingerprint density at radius 2 is 1.81 bits per heavy atom. The van der Waals surface area contributed by atoms with Crippen molar-refractivity contribution in [2.24, 2.45) is 0 Å². The summed E-state index contributed by atoms with van der Waals surface area (Å²) in [6, 6.07) is 17.5. The van der Waals surface area contributed by atoms with Gasteiger partial charge in [0.1, 0.15) is 12.5 Å². The van der Waals surface area contributed by atoms with Gasteiger partial charge < -0.3 is 19.1 Å². The number of pyridine rings is 2. The molecule has 2 bridgehead atoms. The highest BCUT2D eigenvalue weighted by Crippen LogP contribution is 2.33. The van der Waals surface area contributed by atoms with Crippen molar-refractivity contribution in [3.63, 3.8) is 0 Å². The Hall–Kier alpha value is -4.13. The number of carbonyl (C=O) groups is 2. The summed E-state index contributed by atoms with van der Waals surface area (Å²) in [5.74, 6) is 0.639. The fraction of sp³-hybridized carbons (Fsp3) is 0.457. The molecule has 2 fully saturated rings. The molecule has 0 spiro atoms. The zero-order chi connectivity index (χ0) is 33.1. The number of hydrogen-bond donors (Lipinski definition) is 0. The predicted molar refractivity (Wildman–Crippen MR) is 182 cm³/mol. The first-order valence-electron chi connectivity index (χ1n) is 16.4. The number of ether oxygens (including phenoxy) is 3. The molecule has 11 nitrogen and oxygen atoms in total. The normalized spacial score (nSPS) is 18.8. The Morgan fingerprint density at radius 3 is 2.51 bits per heavy atom. The van der Waals surface area contributed by atoms with Crippen LogP contribution in [0.1, 0.15) is 32.4 Å². The number of aromatic nitrogens is 4. The summed E-state index contributed by atoms with van der Waals surface area (Å²) in [6.45, 7) is 13.2. The third-order valence-corrected chi connectivity index (χ3v) is 10.6. The molecule has 0 N–H and O–H groups in total. The van der Waals surface area contributed by atoms with E-state index >= 15 is 0 Å². The number of amides is 1. The van der Waals surface area contributed by atoms with Gasteiger partial charge >= 0.3 is 5.97 Å². The Bertz CT molecular complexity index is 1710. The van der Waals surface area contributed by atoms with Gasteiger partial charge in [0.15, 0.2) is 6.10 Å². The van der Waals surface area contributed by atoms with Crippen LogP contribution in [0.25, 0.3) is 22.2 Å². The van der Waals surface area contributed by atoms with Crippen LogP contribution in [-0.2, 0) is 32.3 Å². The van der Waals surface area contributed by atoms with Gasteiger partial charge in [-0.2, -0.15) is 5.10 Å². The number of esters is 1. The second-order valence-corrected chi connectivity index (χ2v) is 19.4. The summed E-state index contributed by atoms with van der Waals surface area (Å²) in [4.78, 5) is 38.0. The van der Waals surface area contributed by atoms with E-state index in [1.807, 2.05) is 46.0 Å². The fourth-order valence-corrected chi connectivity index (χ4v) is 7.15. The number of benzene rings is 1. The lowest BCUT2D eigenvalue weighted by atomic mass is 10.1. The minimum absolute atomic E-state index is 0.120. The van der Waals surface area contributed by atoms with E-state index in [-0.39, 0.29) is 18.0 Å². The van der Waals surface area contributed by atoms with Crippen LogP contribution >= 0.6 is 0 Å². The number of rotatable bonds is 12. The van der Waals surface area contributed by atoms with E-state index in [0.29, 0.717) is 31.4 Å². The molecule has 6 rings (SSSR count). The first-order valence-corrected chi connectivity index (χ1v) is 20.1. The smallest absolute Gasteiger partial charge is 0.303 e. The first kappa shape index (κ1) is 32.8. The summed E-state index contributed by atoms with van der Waals surface area (Å²) < 4.78 is 19.0. The van der Waals surface area contributed by atoms with Crippen molar-refractivity contribution in [1.29, 1.82) is 0 Å². The summed E-state index contributed by atoms with van der Waals surface area (Å²) >= 11 is 0. The quantitative estimate of drug-likeness (QED) is 0.107. The third kappa shape index (κ3) is 8.06. The van der Waals surface area contributed by atoms with Gasteiger partial charge in [-0.05, 0) is 62.2 Å². The second kappa shape index (κ2) is 13.9. The maximum Gasteiger partial charge on any atom is 0.303 e. The highest BCUT2D eigenvalue weighted by molar-refractivity contribution is 6.76. The number of carbonyl (C=O) groups excluding carboxylic acids is 2. The number of piperazine rings is 1. The Morgan fingerprint density at radius 1 is 1.02 bits per heavy atom. The monoisotopic (exact) mass is 656 g/mol. The van der Waals surface area contributed by atoms with Crippen LogP contribution in [0.5, 0.6) is 11.6 Å². The molecule has 12 heteroatoms. The molecule has 47 heavy (non-hydrogen) atoms. The van der Waals surface area contributed by atoms with Gasteiger partial charge in [-0.3, -0.25) is 19.5 Å². The van der Waals surface area contributed by atoms with Gasteiger partial charge in [0.25, 0.3) is 5.91 Å². The van der Waals surface area contributed by atoms with Crippen molar-refractivity contribution in [3.8, 4) is 22.9 Å². The van der Waals surface area contributed by atoms with Gasteiger partial charge in [0.05, 0.1) is 16.9 Å². The molecule has 0 radical (unpaired) electrons. The van der Waals surface area contributed by atoms with E-state index in [1.165, 1.54) is 6.92 Å². The lowest BCUT2D eigenvalue weighted by molar-refractivity contribution is -0.159. The fourth-order valence-electron chi connectivity index (χ4n) is 6.39. The van der Waals surface area contributed by atoms with E-state index in [0.717, 1.165) is 59.9 Å². The molecular formula is C35H44N6O5Si. The van der Waals surface area contributed by atoms with Crippen LogP contribution in [0.15, 0.2) is 60.9 Å². The van der Waals surface area contributed by atoms with E-state index < -0.39 is 20.1 Å². The van der Waals surface area contributed by atoms with Gasteiger partial charge in [0, 0.05) is 82.7 Å². The van der Waals surface area contributed by atoms with Gasteiger partial charge in [0.2, 0.25) is 5.88 Å². The summed E-state index contributed by atoms with van der Waals surface area (Å²) in [7, 11) is -1.14. The first-order chi connectivity index (χ1) is 22.5. The predicted octanol–water partition coefficient (Wildman–Crippen LogP) is 5.72. The number of nitrogens with zero attached hydrogens (tertiary/aromatic N) is 6. The van der Waals surface area contributed by atoms with Crippen LogP contribution < -0.4 is 4.74 Å². The van der Waals surface area contributed by atoms with Crippen LogP contribution in [-0.4, -0.2) is 87.4 Å². The minimum atomic E-state index is -1.14. The Balaban J connectivity index is 1.05. The van der Waals surface area contributed by atoms with Crippen molar-refractivity contribution < 1.29 is 23.8 Å².